The zero-order valence-electron chi connectivity index (χ0n) is 44.4. The van der Waals surface area contributed by atoms with Gasteiger partial charge in [0.05, 0.1) is 22.1 Å². The molecule has 1 heterocycles. The number of hydrogen-bond donors (Lipinski definition) is 0. The molecule has 0 atom stereocenters. The minimum absolute atomic E-state index is 0.590. The van der Waals surface area contributed by atoms with E-state index in [0.29, 0.717) is 0 Å². The van der Waals surface area contributed by atoms with E-state index >= 15 is 0 Å². The largest absolute Gasteiger partial charge is 0.311 e. The number of rotatable bonds is 7. The van der Waals surface area contributed by atoms with E-state index in [1.807, 2.05) is 0 Å². The average Bonchev–Trinajstić information content (AvgIpc) is 4.27. The summed E-state index contributed by atoms with van der Waals surface area (Å²) >= 11 is 0. The molecule has 0 fully saturated rings. The lowest BCUT2D eigenvalue weighted by atomic mass is 9.64. The van der Waals surface area contributed by atoms with Crippen molar-refractivity contribution in [2.24, 2.45) is 0 Å². The summed E-state index contributed by atoms with van der Waals surface area (Å²) in [6.07, 6.45) is 0. The Kier molecular flexibility index (Phi) is 10.8. The van der Waals surface area contributed by atoms with Gasteiger partial charge in [0.2, 0.25) is 0 Å². The Morgan fingerprint density at radius 3 is 1.11 bits per heavy atom. The van der Waals surface area contributed by atoms with Crippen LogP contribution in [0.2, 0.25) is 0 Å². The molecule has 0 amide bonds. The van der Waals surface area contributed by atoms with Gasteiger partial charge in [0.15, 0.2) is 0 Å². The monoisotopic (exact) mass is 1030 g/mol. The van der Waals surface area contributed by atoms with Crippen LogP contribution in [0.1, 0.15) is 22.3 Å². The van der Waals surface area contributed by atoms with Crippen LogP contribution in [0.3, 0.4) is 0 Å². The topological polar surface area (TPSA) is 8.17 Å². The highest BCUT2D eigenvalue weighted by atomic mass is 15.1. The van der Waals surface area contributed by atoms with Crippen molar-refractivity contribution in [3.63, 3.8) is 0 Å². The first kappa shape index (κ1) is 46.5. The van der Waals surface area contributed by atoms with Crippen molar-refractivity contribution in [2.45, 2.75) is 5.41 Å². The molecule has 0 unspecified atom stereocenters. The molecular weight excluding hydrogens is 977 g/mol. The summed E-state index contributed by atoms with van der Waals surface area (Å²) in [5, 5.41) is 2.43. The smallest absolute Gasteiger partial charge is 0.0725 e. The summed E-state index contributed by atoms with van der Waals surface area (Å²) < 4.78 is 2.53. The Bertz CT molecular complexity index is 4590. The molecule has 0 aliphatic heterocycles. The molecule has 1 spiro atoms. The molecule has 2 aliphatic carbocycles. The number of hydrogen-bond acceptors (Lipinski definition) is 1. The first-order chi connectivity index (χ1) is 40.2. The molecular formula is C79H52N2. The summed E-state index contributed by atoms with van der Waals surface area (Å²) in [6.45, 7) is 0. The fourth-order valence-electron chi connectivity index (χ4n) is 13.7. The van der Waals surface area contributed by atoms with Crippen LogP contribution in [-0.2, 0) is 5.41 Å². The predicted octanol–water partition coefficient (Wildman–Crippen LogP) is 20.9. The van der Waals surface area contributed by atoms with Gasteiger partial charge in [0.25, 0.3) is 0 Å². The van der Waals surface area contributed by atoms with Crippen LogP contribution in [0.5, 0.6) is 0 Å². The summed E-state index contributed by atoms with van der Waals surface area (Å²) in [4.78, 5) is 2.36. The molecule has 2 heteroatoms. The lowest BCUT2D eigenvalue weighted by molar-refractivity contribution is 0.773. The van der Waals surface area contributed by atoms with Crippen molar-refractivity contribution in [1.29, 1.82) is 0 Å². The summed E-state index contributed by atoms with van der Waals surface area (Å²) in [5.41, 5.74) is 28.4. The highest BCUT2D eigenvalue weighted by Crippen LogP contribution is 2.61. The van der Waals surface area contributed by atoms with Gasteiger partial charge in [-0.05, 0) is 155 Å². The first-order valence-corrected chi connectivity index (χ1v) is 28.1. The van der Waals surface area contributed by atoms with E-state index in [1.165, 1.54) is 111 Å². The summed E-state index contributed by atoms with van der Waals surface area (Å²) in [5.74, 6) is 0. The molecule has 0 bridgehead atoms. The maximum absolute atomic E-state index is 2.53. The highest BCUT2D eigenvalue weighted by molar-refractivity contribution is 6.12. The van der Waals surface area contributed by atoms with Gasteiger partial charge in [0.1, 0.15) is 0 Å². The Balaban J connectivity index is 0.852. The van der Waals surface area contributed by atoms with Crippen LogP contribution < -0.4 is 4.90 Å². The zero-order chi connectivity index (χ0) is 53.4. The van der Waals surface area contributed by atoms with Crippen LogP contribution in [0, 0.1) is 0 Å². The van der Waals surface area contributed by atoms with E-state index in [0.717, 1.165) is 33.8 Å². The van der Waals surface area contributed by atoms with Gasteiger partial charge in [-0.1, -0.05) is 255 Å². The molecule has 0 N–H and O–H groups in total. The molecule has 14 aromatic rings. The fraction of sp³-hybridized carbons (Fsp3) is 0.0127. The SMILES string of the molecule is c1ccc(-c2ccc(N(c3ccc(-c4ccccc4)cc3)c3ccc(-c4ccc5c(c4)c4ccccc4n5-c4cccc5c4-c4ccccc4-c4ccccc4C4(c6ccccc6-c6ccccc64)c4ccccc4-5)cc3)cc2)cc1. The van der Waals surface area contributed by atoms with Gasteiger partial charge < -0.3 is 9.47 Å². The normalized spacial score (nSPS) is 12.5. The van der Waals surface area contributed by atoms with Gasteiger partial charge in [-0.25, -0.2) is 0 Å². The Morgan fingerprint density at radius 1 is 0.235 bits per heavy atom. The number of benzene rings is 13. The lowest BCUT2D eigenvalue weighted by Gasteiger charge is -2.36. The van der Waals surface area contributed by atoms with Gasteiger partial charge >= 0.3 is 0 Å². The van der Waals surface area contributed by atoms with E-state index in [1.54, 1.807) is 0 Å². The quantitative estimate of drug-likeness (QED) is 0.154. The molecule has 0 saturated carbocycles. The third kappa shape index (κ3) is 7.27. The molecule has 1 aromatic heterocycles. The van der Waals surface area contributed by atoms with Gasteiger partial charge in [-0.15, -0.1) is 0 Å². The van der Waals surface area contributed by atoms with E-state index in [2.05, 4.69) is 325 Å². The summed E-state index contributed by atoms with van der Waals surface area (Å²) in [6, 6.07) is 117. The molecule has 2 nitrogen and oxygen atoms in total. The molecule has 81 heavy (non-hydrogen) atoms. The van der Waals surface area contributed by atoms with Crippen LogP contribution in [-0.4, -0.2) is 4.57 Å². The average molecular weight is 1030 g/mol. The number of fused-ring (bicyclic) bond motifs is 17. The molecule has 2 aliphatic rings. The molecule has 0 radical (unpaired) electrons. The van der Waals surface area contributed by atoms with Crippen molar-refractivity contribution in [3.05, 3.63) is 338 Å². The third-order valence-electron chi connectivity index (χ3n) is 17.3. The van der Waals surface area contributed by atoms with E-state index < -0.39 is 5.41 Å². The summed E-state index contributed by atoms with van der Waals surface area (Å²) in [7, 11) is 0. The Hall–Kier alpha value is -10.5. The van der Waals surface area contributed by atoms with Crippen molar-refractivity contribution in [2.75, 3.05) is 4.90 Å². The molecule has 16 rings (SSSR count). The van der Waals surface area contributed by atoms with Crippen LogP contribution >= 0.6 is 0 Å². The van der Waals surface area contributed by atoms with E-state index in [-0.39, 0.29) is 0 Å². The first-order valence-electron chi connectivity index (χ1n) is 28.1. The second kappa shape index (κ2) is 18.8. The van der Waals surface area contributed by atoms with Gasteiger partial charge in [-0.2, -0.15) is 0 Å². The van der Waals surface area contributed by atoms with E-state index in [4.69, 9.17) is 0 Å². The van der Waals surface area contributed by atoms with Crippen molar-refractivity contribution in [3.8, 4) is 83.6 Å². The fourth-order valence-corrected chi connectivity index (χ4v) is 13.7. The predicted molar refractivity (Wildman–Crippen MR) is 339 cm³/mol. The van der Waals surface area contributed by atoms with Gasteiger partial charge in [0, 0.05) is 33.4 Å². The Morgan fingerprint density at radius 2 is 0.593 bits per heavy atom. The minimum atomic E-state index is -0.590. The van der Waals surface area contributed by atoms with Crippen LogP contribution in [0.4, 0.5) is 17.1 Å². The number of nitrogens with zero attached hydrogens (tertiary/aromatic N) is 2. The highest BCUT2D eigenvalue weighted by Gasteiger charge is 2.49. The second-order valence-corrected chi connectivity index (χ2v) is 21.5. The van der Waals surface area contributed by atoms with Crippen LogP contribution in [0.25, 0.3) is 105 Å². The minimum Gasteiger partial charge on any atom is -0.311 e. The lowest BCUT2D eigenvalue weighted by Crippen LogP contribution is -2.30. The maximum Gasteiger partial charge on any atom is 0.0725 e. The number of anilines is 3. The molecule has 378 valence electrons. The van der Waals surface area contributed by atoms with Crippen molar-refractivity contribution < 1.29 is 0 Å². The number of para-hydroxylation sites is 1. The molecule has 13 aromatic carbocycles. The van der Waals surface area contributed by atoms with Gasteiger partial charge in [-0.3, -0.25) is 0 Å². The van der Waals surface area contributed by atoms with Crippen LogP contribution in [0.15, 0.2) is 315 Å². The second-order valence-electron chi connectivity index (χ2n) is 21.5. The Labute approximate surface area is 472 Å². The van der Waals surface area contributed by atoms with Crippen molar-refractivity contribution >= 4 is 38.9 Å². The van der Waals surface area contributed by atoms with E-state index in [9.17, 15) is 0 Å². The van der Waals surface area contributed by atoms with Crippen molar-refractivity contribution in [1.82, 2.24) is 4.57 Å². The number of aromatic nitrogens is 1. The zero-order valence-corrected chi connectivity index (χ0v) is 44.4. The standard InChI is InChI=1S/C79H52N2/c1-3-20-53(21-4-1)55-38-45-59(46-39-55)80(60-47-40-56(41-48-60)54-22-5-2-6-23-54)61-49-42-57(43-50-61)58-44-51-76-70(52-58)67-29-13-18-36-75(67)81(76)77-37-19-31-69-66-28-12-17-35-74(66)79(72-33-15-10-26-64(72)65-27-11-16-34-73(65)79)71-32-14-9-25-63(71)62-24-7-8-30-68(62)78(69)77/h1-52H. The third-order valence-corrected chi connectivity index (χ3v) is 17.3. The maximum atomic E-state index is 2.53. The molecule has 0 saturated heterocycles.